The molecule has 1 saturated heterocycles. The molecule has 8 heteroatoms. The zero-order valence-corrected chi connectivity index (χ0v) is 20.4. The Morgan fingerprint density at radius 3 is 2.58 bits per heavy atom. The van der Waals surface area contributed by atoms with Gasteiger partial charge in [-0.1, -0.05) is 62.9 Å². The van der Waals surface area contributed by atoms with Crippen molar-refractivity contribution in [3.8, 4) is 0 Å². The number of nitrogens with one attached hydrogen (secondary N) is 1. The number of hydrogen-bond acceptors (Lipinski definition) is 6. The minimum absolute atomic E-state index is 0.0145. The minimum atomic E-state index is -0.250. The first-order chi connectivity index (χ1) is 16.0. The summed E-state index contributed by atoms with van der Waals surface area (Å²) in [7, 11) is 0. The number of thioether (sulfide) groups is 1. The molecule has 0 radical (unpaired) electrons. The number of hydrogen-bond donors (Lipinski definition) is 1. The molecule has 1 amide bonds. The van der Waals surface area contributed by atoms with Crippen LogP contribution >= 0.6 is 11.8 Å². The second-order valence-corrected chi connectivity index (χ2v) is 10.2. The summed E-state index contributed by atoms with van der Waals surface area (Å²) in [6.45, 7) is 9.58. The van der Waals surface area contributed by atoms with Gasteiger partial charge in [-0.25, -0.2) is 0 Å². The SMILES string of the molecule is CCC(Sc1nnc(N2CC(C)CC(C)C2)n1Cc1ccco1)C(=O)NCc1ccccc1. The lowest BCUT2D eigenvalue weighted by atomic mass is 9.92. The highest BCUT2D eigenvalue weighted by molar-refractivity contribution is 8.00. The standard InChI is InChI=1S/C25H33N5O2S/c1-4-22(23(31)26-14-20-9-6-5-7-10-20)33-25-28-27-24(29-15-18(2)13-19(3)16-29)30(25)17-21-11-8-12-32-21/h5-12,18-19,22H,4,13-17H2,1-3H3,(H,26,31). The number of amides is 1. The van der Waals surface area contributed by atoms with Gasteiger partial charge in [0.2, 0.25) is 11.9 Å². The third-order valence-electron chi connectivity index (χ3n) is 5.96. The molecule has 0 bridgehead atoms. The summed E-state index contributed by atoms with van der Waals surface area (Å²) in [6.07, 6.45) is 3.61. The maximum Gasteiger partial charge on any atom is 0.233 e. The van der Waals surface area contributed by atoms with Crippen LogP contribution in [-0.4, -0.2) is 39.0 Å². The number of carbonyl (C=O) groups is 1. The van der Waals surface area contributed by atoms with Gasteiger partial charge in [-0.15, -0.1) is 10.2 Å². The Kier molecular flexibility index (Phi) is 7.75. The molecule has 3 aromatic rings. The Morgan fingerprint density at radius 2 is 1.91 bits per heavy atom. The minimum Gasteiger partial charge on any atom is -0.467 e. The summed E-state index contributed by atoms with van der Waals surface area (Å²) in [6, 6.07) is 13.8. The number of aromatic nitrogens is 3. The van der Waals surface area contributed by atoms with Gasteiger partial charge in [-0.2, -0.15) is 0 Å². The number of benzene rings is 1. The van der Waals surface area contributed by atoms with E-state index in [1.807, 2.05) is 49.4 Å². The zero-order valence-electron chi connectivity index (χ0n) is 19.6. The summed E-state index contributed by atoms with van der Waals surface area (Å²) in [5.41, 5.74) is 1.09. The van der Waals surface area contributed by atoms with Gasteiger partial charge >= 0.3 is 0 Å². The fourth-order valence-electron chi connectivity index (χ4n) is 4.47. The maximum atomic E-state index is 13.0. The number of furan rings is 1. The summed E-state index contributed by atoms with van der Waals surface area (Å²) >= 11 is 1.48. The quantitative estimate of drug-likeness (QED) is 0.464. The summed E-state index contributed by atoms with van der Waals surface area (Å²) < 4.78 is 7.73. The lowest BCUT2D eigenvalue weighted by Gasteiger charge is -2.35. The predicted molar refractivity (Wildman–Crippen MR) is 131 cm³/mol. The van der Waals surface area contributed by atoms with Gasteiger partial charge in [0.05, 0.1) is 18.1 Å². The van der Waals surface area contributed by atoms with E-state index in [4.69, 9.17) is 4.42 Å². The highest BCUT2D eigenvalue weighted by Gasteiger charge is 2.29. The van der Waals surface area contributed by atoms with Crippen molar-refractivity contribution in [3.05, 3.63) is 60.1 Å². The van der Waals surface area contributed by atoms with Crippen molar-refractivity contribution >= 4 is 23.6 Å². The number of anilines is 1. The van der Waals surface area contributed by atoms with Crippen LogP contribution in [0.5, 0.6) is 0 Å². The molecule has 3 unspecified atom stereocenters. The number of nitrogens with zero attached hydrogens (tertiary/aromatic N) is 4. The molecule has 1 aliphatic rings. The Balaban J connectivity index is 1.52. The highest BCUT2D eigenvalue weighted by Crippen LogP contribution is 2.31. The van der Waals surface area contributed by atoms with Gasteiger partial charge in [0.25, 0.3) is 0 Å². The molecule has 3 heterocycles. The topological polar surface area (TPSA) is 76.2 Å². The van der Waals surface area contributed by atoms with Crippen LogP contribution in [0.1, 0.15) is 44.9 Å². The molecule has 0 saturated carbocycles. The van der Waals surface area contributed by atoms with Gasteiger partial charge in [0.1, 0.15) is 5.76 Å². The Hall–Kier alpha value is -2.74. The number of carbonyl (C=O) groups excluding carboxylic acids is 1. The van der Waals surface area contributed by atoms with Gasteiger partial charge < -0.3 is 14.6 Å². The molecule has 3 atom stereocenters. The average Bonchev–Trinajstić information content (AvgIpc) is 3.46. The molecular weight excluding hydrogens is 434 g/mol. The van der Waals surface area contributed by atoms with Crippen LogP contribution in [0.2, 0.25) is 0 Å². The van der Waals surface area contributed by atoms with Crippen molar-refractivity contribution in [2.24, 2.45) is 11.8 Å². The molecule has 33 heavy (non-hydrogen) atoms. The van der Waals surface area contributed by atoms with Crippen LogP contribution in [0.15, 0.2) is 58.3 Å². The van der Waals surface area contributed by atoms with E-state index in [0.717, 1.165) is 35.5 Å². The normalized spacial score (nSPS) is 19.4. The summed E-state index contributed by atoms with van der Waals surface area (Å²) in [4.78, 5) is 15.3. The zero-order chi connectivity index (χ0) is 23.2. The maximum absolute atomic E-state index is 13.0. The summed E-state index contributed by atoms with van der Waals surface area (Å²) in [5.74, 6) is 2.92. The van der Waals surface area contributed by atoms with Crippen LogP contribution in [-0.2, 0) is 17.9 Å². The first-order valence-corrected chi connectivity index (χ1v) is 12.6. The Labute approximate surface area is 199 Å². The van der Waals surface area contributed by atoms with E-state index in [-0.39, 0.29) is 11.2 Å². The van der Waals surface area contributed by atoms with E-state index in [0.29, 0.717) is 31.3 Å². The lowest BCUT2D eigenvalue weighted by molar-refractivity contribution is -0.120. The van der Waals surface area contributed by atoms with Gasteiger partial charge in [0.15, 0.2) is 5.16 Å². The number of piperidine rings is 1. The smallest absolute Gasteiger partial charge is 0.233 e. The van der Waals surface area contributed by atoms with Crippen LogP contribution < -0.4 is 10.2 Å². The van der Waals surface area contributed by atoms with Crippen molar-refractivity contribution in [3.63, 3.8) is 0 Å². The van der Waals surface area contributed by atoms with Crippen molar-refractivity contribution in [2.75, 3.05) is 18.0 Å². The summed E-state index contributed by atoms with van der Waals surface area (Å²) in [5, 5.41) is 12.7. The van der Waals surface area contributed by atoms with Crippen LogP contribution in [0.4, 0.5) is 5.95 Å². The Morgan fingerprint density at radius 1 is 1.15 bits per heavy atom. The van der Waals surface area contributed by atoms with Crippen molar-refractivity contribution in [2.45, 2.75) is 57.1 Å². The third kappa shape index (κ3) is 5.99. The molecule has 1 fully saturated rings. The second-order valence-electron chi connectivity index (χ2n) is 9.02. The molecule has 0 aliphatic carbocycles. The fourth-order valence-corrected chi connectivity index (χ4v) is 5.45. The van der Waals surface area contributed by atoms with E-state index < -0.39 is 0 Å². The van der Waals surface area contributed by atoms with E-state index in [1.165, 1.54) is 18.2 Å². The molecule has 4 rings (SSSR count). The molecule has 7 nitrogen and oxygen atoms in total. The van der Waals surface area contributed by atoms with Crippen molar-refractivity contribution < 1.29 is 9.21 Å². The highest BCUT2D eigenvalue weighted by atomic mass is 32.2. The molecule has 1 aliphatic heterocycles. The largest absolute Gasteiger partial charge is 0.467 e. The fraction of sp³-hybridized carbons (Fsp3) is 0.480. The van der Waals surface area contributed by atoms with E-state index in [1.54, 1.807) is 6.26 Å². The Bertz CT molecular complexity index is 1010. The molecule has 176 valence electrons. The molecule has 0 spiro atoms. The van der Waals surface area contributed by atoms with E-state index >= 15 is 0 Å². The van der Waals surface area contributed by atoms with Gasteiger partial charge in [-0.3, -0.25) is 9.36 Å². The van der Waals surface area contributed by atoms with Crippen LogP contribution in [0.3, 0.4) is 0 Å². The number of rotatable bonds is 9. The lowest BCUT2D eigenvalue weighted by Crippen LogP contribution is -2.40. The van der Waals surface area contributed by atoms with Gasteiger partial charge in [0, 0.05) is 19.6 Å². The van der Waals surface area contributed by atoms with Gasteiger partial charge in [-0.05, 0) is 42.4 Å². The average molecular weight is 468 g/mol. The van der Waals surface area contributed by atoms with E-state index in [2.05, 4.69) is 38.8 Å². The first kappa shape index (κ1) is 23.4. The third-order valence-corrected chi connectivity index (χ3v) is 7.31. The van der Waals surface area contributed by atoms with Crippen LogP contribution in [0.25, 0.3) is 0 Å². The van der Waals surface area contributed by atoms with E-state index in [9.17, 15) is 4.79 Å². The van der Waals surface area contributed by atoms with Crippen molar-refractivity contribution in [1.82, 2.24) is 20.1 Å². The van der Waals surface area contributed by atoms with Crippen LogP contribution in [0, 0.1) is 11.8 Å². The monoisotopic (exact) mass is 467 g/mol. The molecule has 2 aromatic heterocycles. The second kappa shape index (κ2) is 10.9. The molecular formula is C25H33N5O2S. The van der Waals surface area contributed by atoms with Crippen molar-refractivity contribution in [1.29, 1.82) is 0 Å². The molecule has 1 N–H and O–H groups in total. The predicted octanol–water partition coefficient (Wildman–Crippen LogP) is 4.59. The molecule has 1 aromatic carbocycles. The first-order valence-electron chi connectivity index (χ1n) is 11.7.